The number of benzene rings is 1. The minimum atomic E-state index is -3.99. The fourth-order valence-corrected chi connectivity index (χ4v) is 3.16. The van der Waals surface area contributed by atoms with Gasteiger partial charge in [0.2, 0.25) is 0 Å². The van der Waals surface area contributed by atoms with Gasteiger partial charge in [-0.15, -0.1) is 0 Å². The van der Waals surface area contributed by atoms with E-state index in [1.165, 1.54) is 25.3 Å². The number of nitrogens with one attached hydrogen (secondary N) is 1. The number of sulfonamides is 1. The smallest absolute Gasteiger partial charge is 0.263 e. The molecule has 20 heavy (non-hydrogen) atoms. The molecule has 0 aliphatic heterocycles. The van der Waals surface area contributed by atoms with Crippen LogP contribution in [0.1, 0.15) is 5.69 Å². The number of hydrogen-bond acceptors (Lipinski definition) is 3. The minimum absolute atomic E-state index is 0.0696. The second kappa shape index (κ2) is 5.45. The molecule has 0 atom stereocenters. The maximum Gasteiger partial charge on any atom is 0.263 e. The standard InChI is InChI=1S/C12H9BrF2N2O2S/c1-7-10(3-2-6-16-7)20(18,19)17-9-5-4-8(14)11(13)12(9)15/h2-6,17H,1H3. The number of nitrogens with zero attached hydrogens (tertiary/aromatic N) is 1. The van der Waals surface area contributed by atoms with Crippen LogP contribution in [0, 0.1) is 18.6 Å². The van der Waals surface area contributed by atoms with Gasteiger partial charge in [0.25, 0.3) is 10.0 Å². The molecule has 8 heteroatoms. The van der Waals surface area contributed by atoms with Gasteiger partial charge in [0, 0.05) is 6.20 Å². The molecule has 0 saturated heterocycles. The van der Waals surface area contributed by atoms with Gasteiger partial charge in [0.1, 0.15) is 10.7 Å². The number of pyridine rings is 1. The van der Waals surface area contributed by atoms with Crippen molar-refractivity contribution >= 4 is 31.6 Å². The molecular formula is C12H9BrF2N2O2S. The zero-order valence-corrected chi connectivity index (χ0v) is 12.6. The SMILES string of the molecule is Cc1ncccc1S(=O)(=O)Nc1ccc(F)c(Br)c1F. The lowest BCUT2D eigenvalue weighted by Crippen LogP contribution is -2.16. The highest BCUT2D eigenvalue weighted by molar-refractivity contribution is 9.10. The first-order valence-corrected chi connectivity index (χ1v) is 7.68. The Labute approximate surface area is 123 Å². The Kier molecular flexibility index (Phi) is 4.05. The summed E-state index contributed by atoms with van der Waals surface area (Å²) in [7, 11) is -3.99. The van der Waals surface area contributed by atoms with Gasteiger partial charge in [0.05, 0.1) is 15.9 Å². The third-order valence-corrected chi connectivity index (χ3v) is 4.75. The van der Waals surface area contributed by atoms with E-state index in [0.717, 1.165) is 12.1 Å². The van der Waals surface area contributed by atoms with Gasteiger partial charge in [-0.05, 0) is 47.1 Å². The topological polar surface area (TPSA) is 59.1 Å². The van der Waals surface area contributed by atoms with Gasteiger partial charge >= 0.3 is 0 Å². The lowest BCUT2D eigenvalue weighted by Gasteiger charge is -2.11. The van der Waals surface area contributed by atoms with Crippen molar-refractivity contribution in [3.05, 3.63) is 52.3 Å². The largest absolute Gasteiger partial charge is 0.277 e. The molecule has 106 valence electrons. The fourth-order valence-electron chi connectivity index (χ4n) is 1.56. The molecule has 0 fully saturated rings. The van der Waals surface area contributed by atoms with E-state index < -0.39 is 26.1 Å². The van der Waals surface area contributed by atoms with Crippen molar-refractivity contribution in [2.75, 3.05) is 4.72 Å². The van der Waals surface area contributed by atoms with E-state index in [4.69, 9.17) is 0 Å². The Bertz CT molecular complexity index is 766. The summed E-state index contributed by atoms with van der Waals surface area (Å²) in [6, 6.07) is 4.78. The van der Waals surface area contributed by atoms with Crippen molar-refractivity contribution in [1.29, 1.82) is 0 Å². The second-order valence-electron chi connectivity index (χ2n) is 3.92. The third kappa shape index (κ3) is 2.80. The molecule has 1 aromatic carbocycles. The lowest BCUT2D eigenvalue weighted by atomic mass is 10.3. The first kappa shape index (κ1) is 14.9. The first-order chi connectivity index (χ1) is 9.33. The van der Waals surface area contributed by atoms with E-state index in [1.807, 2.05) is 0 Å². The average Bonchev–Trinajstić information content (AvgIpc) is 2.40. The third-order valence-electron chi connectivity index (χ3n) is 2.53. The van der Waals surface area contributed by atoms with Crippen molar-refractivity contribution in [3.63, 3.8) is 0 Å². The lowest BCUT2D eigenvalue weighted by molar-refractivity contribution is 0.572. The molecule has 0 unspecified atom stereocenters. The zero-order chi connectivity index (χ0) is 14.9. The minimum Gasteiger partial charge on any atom is -0.277 e. The van der Waals surface area contributed by atoms with Crippen molar-refractivity contribution in [2.45, 2.75) is 11.8 Å². The van der Waals surface area contributed by atoms with E-state index in [2.05, 4.69) is 25.6 Å². The maximum atomic E-state index is 13.8. The van der Waals surface area contributed by atoms with Crippen LogP contribution in [0.15, 0.2) is 39.8 Å². The Morgan fingerprint density at radius 1 is 1.25 bits per heavy atom. The molecule has 0 amide bonds. The Morgan fingerprint density at radius 3 is 2.60 bits per heavy atom. The van der Waals surface area contributed by atoms with Crippen LogP contribution in [-0.4, -0.2) is 13.4 Å². The van der Waals surface area contributed by atoms with Crippen LogP contribution in [0.3, 0.4) is 0 Å². The van der Waals surface area contributed by atoms with Crippen molar-refractivity contribution in [3.8, 4) is 0 Å². The summed E-state index contributed by atoms with van der Waals surface area (Å²) < 4.78 is 52.8. The van der Waals surface area contributed by atoms with Crippen LogP contribution >= 0.6 is 15.9 Å². The highest BCUT2D eigenvalue weighted by Gasteiger charge is 2.20. The Morgan fingerprint density at radius 2 is 1.95 bits per heavy atom. The highest BCUT2D eigenvalue weighted by Crippen LogP contribution is 2.27. The second-order valence-corrected chi connectivity index (χ2v) is 6.36. The highest BCUT2D eigenvalue weighted by atomic mass is 79.9. The number of anilines is 1. The Balaban J connectivity index is 2.45. The average molecular weight is 363 g/mol. The molecule has 1 aromatic heterocycles. The molecule has 1 heterocycles. The van der Waals surface area contributed by atoms with E-state index in [1.54, 1.807) is 0 Å². The summed E-state index contributed by atoms with van der Waals surface area (Å²) in [5, 5.41) is 0. The van der Waals surface area contributed by atoms with Gasteiger partial charge < -0.3 is 0 Å². The van der Waals surface area contributed by atoms with Crippen molar-refractivity contribution in [2.24, 2.45) is 0 Å². The molecule has 0 aliphatic carbocycles. The van der Waals surface area contributed by atoms with E-state index in [-0.39, 0.29) is 16.3 Å². The summed E-state index contributed by atoms with van der Waals surface area (Å²) in [6.45, 7) is 1.52. The van der Waals surface area contributed by atoms with E-state index >= 15 is 0 Å². The molecule has 2 rings (SSSR count). The molecule has 0 saturated carbocycles. The normalized spacial score (nSPS) is 11.4. The molecule has 0 spiro atoms. The van der Waals surface area contributed by atoms with Crippen LogP contribution < -0.4 is 4.72 Å². The molecule has 4 nitrogen and oxygen atoms in total. The van der Waals surface area contributed by atoms with Crippen molar-refractivity contribution < 1.29 is 17.2 Å². The number of aryl methyl sites for hydroxylation is 1. The van der Waals surface area contributed by atoms with E-state index in [9.17, 15) is 17.2 Å². The maximum absolute atomic E-state index is 13.8. The number of aromatic nitrogens is 1. The van der Waals surface area contributed by atoms with Gasteiger partial charge in [0.15, 0.2) is 5.82 Å². The predicted molar refractivity (Wildman–Crippen MR) is 73.8 cm³/mol. The number of hydrogen-bond donors (Lipinski definition) is 1. The van der Waals surface area contributed by atoms with Gasteiger partial charge in [-0.3, -0.25) is 9.71 Å². The number of halogens is 3. The van der Waals surface area contributed by atoms with Gasteiger partial charge in [-0.2, -0.15) is 0 Å². The fraction of sp³-hybridized carbons (Fsp3) is 0.0833. The van der Waals surface area contributed by atoms with Crippen LogP contribution in [0.2, 0.25) is 0 Å². The van der Waals surface area contributed by atoms with Gasteiger partial charge in [-0.25, -0.2) is 17.2 Å². The molecule has 0 radical (unpaired) electrons. The van der Waals surface area contributed by atoms with Crippen molar-refractivity contribution in [1.82, 2.24) is 4.98 Å². The van der Waals surface area contributed by atoms with Gasteiger partial charge in [-0.1, -0.05) is 0 Å². The van der Waals surface area contributed by atoms with Crippen LogP contribution in [0.25, 0.3) is 0 Å². The van der Waals surface area contributed by atoms with E-state index in [0.29, 0.717) is 0 Å². The molecular weight excluding hydrogens is 354 g/mol. The molecule has 0 aliphatic rings. The molecule has 2 aromatic rings. The zero-order valence-electron chi connectivity index (χ0n) is 10.2. The summed E-state index contributed by atoms with van der Waals surface area (Å²) in [5.41, 5.74) is -0.0666. The monoisotopic (exact) mass is 362 g/mol. The van der Waals surface area contributed by atoms with Crippen LogP contribution in [0.5, 0.6) is 0 Å². The summed E-state index contributed by atoms with van der Waals surface area (Å²) in [4.78, 5) is 3.79. The predicted octanol–water partition coefficient (Wildman–Crippen LogP) is 3.23. The Hall–Kier alpha value is -1.54. The number of rotatable bonds is 3. The molecule has 1 N–H and O–H groups in total. The van der Waals surface area contributed by atoms with Crippen LogP contribution in [0.4, 0.5) is 14.5 Å². The van der Waals surface area contributed by atoms with Crippen LogP contribution in [-0.2, 0) is 10.0 Å². The quantitative estimate of drug-likeness (QED) is 0.852. The first-order valence-electron chi connectivity index (χ1n) is 5.41. The summed E-state index contributed by atoms with van der Waals surface area (Å²) in [5.74, 6) is -1.84. The summed E-state index contributed by atoms with van der Waals surface area (Å²) in [6.07, 6.45) is 1.45. The summed E-state index contributed by atoms with van der Waals surface area (Å²) >= 11 is 2.71. The molecule has 0 bridgehead atoms.